The van der Waals surface area contributed by atoms with Crippen molar-refractivity contribution in [2.75, 3.05) is 18.5 Å². The first-order chi connectivity index (χ1) is 9.58. The molecule has 0 spiro atoms. The number of nitrogens with one attached hydrogen (secondary N) is 1. The topological polar surface area (TPSA) is 115 Å². The summed E-state index contributed by atoms with van der Waals surface area (Å²) in [7, 11) is 0. The zero-order chi connectivity index (χ0) is 14.5. The number of carboxylic acids is 1. The quantitative estimate of drug-likeness (QED) is 0.711. The standard InChI is InChI=1S/C13H13N3O4/c14-13(19)20-6-5-15-11-9-4-2-1-3-8(9)7-10(16-11)12(17)18/h1-4,7H,5-6H2,(H2,14,19)(H,15,16)(H,17,18). The highest BCUT2D eigenvalue weighted by atomic mass is 16.5. The maximum Gasteiger partial charge on any atom is 0.404 e. The maximum absolute atomic E-state index is 11.0. The van der Waals surface area contributed by atoms with Gasteiger partial charge in [0.2, 0.25) is 0 Å². The number of hydrogen-bond donors (Lipinski definition) is 3. The third kappa shape index (κ3) is 3.14. The fourth-order valence-electron chi connectivity index (χ4n) is 1.76. The van der Waals surface area contributed by atoms with E-state index < -0.39 is 12.1 Å². The number of amides is 1. The second-order valence-corrected chi connectivity index (χ2v) is 3.98. The number of rotatable bonds is 5. The number of carbonyl (C=O) groups excluding carboxylic acids is 1. The lowest BCUT2D eigenvalue weighted by Gasteiger charge is -2.10. The SMILES string of the molecule is NC(=O)OCCNc1nc(C(=O)O)cc2ccccc12. The molecule has 20 heavy (non-hydrogen) atoms. The van der Waals surface area contributed by atoms with Crippen molar-refractivity contribution >= 4 is 28.7 Å². The summed E-state index contributed by atoms with van der Waals surface area (Å²) in [5.74, 6) is -0.680. The molecule has 0 bridgehead atoms. The van der Waals surface area contributed by atoms with Crippen molar-refractivity contribution in [3.63, 3.8) is 0 Å². The Labute approximate surface area is 114 Å². The van der Waals surface area contributed by atoms with Crippen LogP contribution < -0.4 is 11.1 Å². The largest absolute Gasteiger partial charge is 0.477 e. The summed E-state index contributed by atoms with van der Waals surface area (Å²) in [6, 6.07) is 8.77. The number of anilines is 1. The van der Waals surface area contributed by atoms with Crippen LogP contribution in [0.3, 0.4) is 0 Å². The van der Waals surface area contributed by atoms with Crippen LogP contribution >= 0.6 is 0 Å². The summed E-state index contributed by atoms with van der Waals surface area (Å²) in [4.78, 5) is 25.5. The van der Waals surface area contributed by atoms with Gasteiger partial charge < -0.3 is 20.9 Å². The Bertz CT molecular complexity index is 657. The molecule has 0 atom stereocenters. The van der Waals surface area contributed by atoms with E-state index in [9.17, 15) is 9.59 Å². The summed E-state index contributed by atoms with van der Waals surface area (Å²) < 4.78 is 4.59. The van der Waals surface area contributed by atoms with Crippen LogP contribution in [0.5, 0.6) is 0 Å². The van der Waals surface area contributed by atoms with E-state index >= 15 is 0 Å². The normalized spacial score (nSPS) is 10.2. The zero-order valence-electron chi connectivity index (χ0n) is 10.5. The van der Waals surface area contributed by atoms with E-state index in [0.29, 0.717) is 5.82 Å². The first kappa shape index (κ1) is 13.6. The van der Waals surface area contributed by atoms with Gasteiger partial charge in [-0.15, -0.1) is 0 Å². The highest BCUT2D eigenvalue weighted by molar-refractivity contribution is 5.97. The molecule has 1 heterocycles. The van der Waals surface area contributed by atoms with E-state index in [1.54, 1.807) is 6.07 Å². The fourth-order valence-corrected chi connectivity index (χ4v) is 1.76. The van der Waals surface area contributed by atoms with Crippen molar-refractivity contribution in [2.24, 2.45) is 5.73 Å². The van der Waals surface area contributed by atoms with E-state index in [4.69, 9.17) is 10.8 Å². The number of benzene rings is 1. The van der Waals surface area contributed by atoms with Crippen molar-refractivity contribution in [1.82, 2.24) is 4.98 Å². The predicted molar refractivity (Wildman–Crippen MR) is 72.7 cm³/mol. The van der Waals surface area contributed by atoms with Crippen molar-refractivity contribution in [2.45, 2.75) is 0 Å². The van der Waals surface area contributed by atoms with Crippen LogP contribution in [-0.4, -0.2) is 35.3 Å². The summed E-state index contributed by atoms with van der Waals surface area (Å²) in [6.07, 6.45) is -0.857. The number of aromatic nitrogens is 1. The lowest BCUT2D eigenvalue weighted by molar-refractivity contribution is 0.0691. The Morgan fingerprint density at radius 1 is 1.35 bits per heavy atom. The van der Waals surface area contributed by atoms with E-state index in [0.717, 1.165) is 10.8 Å². The Balaban J connectivity index is 2.25. The summed E-state index contributed by atoms with van der Waals surface area (Å²) in [5.41, 5.74) is 4.79. The van der Waals surface area contributed by atoms with Gasteiger partial charge in [0.1, 0.15) is 12.4 Å². The molecular weight excluding hydrogens is 262 g/mol. The third-order valence-electron chi connectivity index (χ3n) is 2.60. The van der Waals surface area contributed by atoms with Crippen LogP contribution in [0.4, 0.5) is 10.6 Å². The highest BCUT2D eigenvalue weighted by Gasteiger charge is 2.10. The maximum atomic E-state index is 11.0. The van der Waals surface area contributed by atoms with Crippen LogP contribution in [0.1, 0.15) is 10.5 Å². The van der Waals surface area contributed by atoms with Crippen LogP contribution in [-0.2, 0) is 4.74 Å². The molecule has 2 rings (SSSR count). The number of nitrogens with zero attached hydrogens (tertiary/aromatic N) is 1. The Morgan fingerprint density at radius 2 is 2.10 bits per heavy atom. The number of hydrogen-bond acceptors (Lipinski definition) is 5. The van der Waals surface area contributed by atoms with Gasteiger partial charge in [0.15, 0.2) is 5.69 Å². The first-order valence-corrected chi connectivity index (χ1v) is 5.87. The predicted octanol–water partition coefficient (Wildman–Crippen LogP) is 1.44. The molecule has 0 unspecified atom stereocenters. The average molecular weight is 275 g/mol. The smallest absolute Gasteiger partial charge is 0.404 e. The van der Waals surface area contributed by atoms with E-state index in [1.807, 2.05) is 18.2 Å². The number of carbonyl (C=O) groups is 2. The van der Waals surface area contributed by atoms with E-state index in [2.05, 4.69) is 15.0 Å². The number of aromatic carboxylic acids is 1. The van der Waals surface area contributed by atoms with Gasteiger partial charge in [-0.1, -0.05) is 24.3 Å². The molecule has 0 aliphatic rings. The van der Waals surface area contributed by atoms with Gasteiger partial charge in [0.25, 0.3) is 0 Å². The van der Waals surface area contributed by atoms with Crippen molar-refractivity contribution in [3.8, 4) is 0 Å². The molecule has 7 nitrogen and oxygen atoms in total. The van der Waals surface area contributed by atoms with Crippen LogP contribution in [0.2, 0.25) is 0 Å². The van der Waals surface area contributed by atoms with Crippen LogP contribution in [0.15, 0.2) is 30.3 Å². The molecule has 4 N–H and O–H groups in total. The average Bonchev–Trinajstić information content (AvgIpc) is 2.42. The van der Waals surface area contributed by atoms with Crippen molar-refractivity contribution in [1.29, 1.82) is 0 Å². The number of primary amides is 1. The van der Waals surface area contributed by atoms with Gasteiger partial charge in [0.05, 0.1) is 6.54 Å². The number of pyridine rings is 1. The highest BCUT2D eigenvalue weighted by Crippen LogP contribution is 2.22. The van der Waals surface area contributed by atoms with Gasteiger partial charge in [-0.25, -0.2) is 14.6 Å². The van der Waals surface area contributed by atoms with E-state index in [-0.39, 0.29) is 18.8 Å². The van der Waals surface area contributed by atoms with Gasteiger partial charge in [0, 0.05) is 5.39 Å². The second-order valence-electron chi connectivity index (χ2n) is 3.98. The monoisotopic (exact) mass is 275 g/mol. The number of carboxylic acid groups (broad SMARTS) is 1. The van der Waals surface area contributed by atoms with Gasteiger partial charge >= 0.3 is 12.1 Å². The molecule has 1 aromatic carbocycles. The van der Waals surface area contributed by atoms with Gasteiger partial charge in [-0.05, 0) is 11.5 Å². The molecule has 0 fully saturated rings. The molecule has 1 amide bonds. The molecule has 2 aromatic rings. The van der Waals surface area contributed by atoms with Crippen molar-refractivity contribution in [3.05, 3.63) is 36.0 Å². The fraction of sp³-hybridized carbons (Fsp3) is 0.154. The Kier molecular flexibility index (Phi) is 3.99. The lowest BCUT2D eigenvalue weighted by atomic mass is 10.1. The minimum absolute atomic E-state index is 0.0537. The lowest BCUT2D eigenvalue weighted by Crippen LogP contribution is -2.19. The minimum atomic E-state index is -1.10. The zero-order valence-corrected chi connectivity index (χ0v) is 10.5. The van der Waals surface area contributed by atoms with Crippen LogP contribution in [0, 0.1) is 0 Å². The first-order valence-electron chi connectivity index (χ1n) is 5.87. The molecule has 104 valence electrons. The number of nitrogens with two attached hydrogens (primary N) is 1. The summed E-state index contributed by atoms with van der Waals surface area (Å²) in [5, 5.41) is 13.5. The van der Waals surface area contributed by atoms with Crippen LogP contribution in [0.25, 0.3) is 10.8 Å². The molecule has 0 radical (unpaired) electrons. The Hall–Kier alpha value is -2.83. The van der Waals surface area contributed by atoms with Gasteiger partial charge in [-0.3, -0.25) is 0 Å². The van der Waals surface area contributed by atoms with E-state index in [1.165, 1.54) is 6.07 Å². The van der Waals surface area contributed by atoms with Gasteiger partial charge in [-0.2, -0.15) is 0 Å². The molecule has 0 saturated carbocycles. The molecule has 0 aliphatic heterocycles. The summed E-state index contributed by atoms with van der Waals surface area (Å²) >= 11 is 0. The third-order valence-corrected chi connectivity index (χ3v) is 2.60. The van der Waals surface area contributed by atoms with Crippen molar-refractivity contribution < 1.29 is 19.4 Å². The molecule has 0 aliphatic carbocycles. The Morgan fingerprint density at radius 3 is 2.80 bits per heavy atom. The number of fused-ring (bicyclic) bond motifs is 1. The number of ether oxygens (including phenoxy) is 1. The minimum Gasteiger partial charge on any atom is -0.477 e. The molecule has 7 heteroatoms. The molecule has 0 saturated heterocycles. The second kappa shape index (κ2) is 5.87. The molecule has 1 aromatic heterocycles. The molecular formula is C13H13N3O4. The summed E-state index contributed by atoms with van der Waals surface area (Å²) in [6.45, 7) is 0.353.